The van der Waals surface area contributed by atoms with E-state index in [2.05, 4.69) is 31.6 Å². The summed E-state index contributed by atoms with van der Waals surface area (Å²) in [6, 6.07) is -6.00. The third kappa shape index (κ3) is 16.7. The Morgan fingerprint density at radius 3 is 1.92 bits per heavy atom. The molecule has 0 aliphatic carbocycles. The molecule has 7 amide bonds. The molecule has 0 spiro atoms. The number of nitrogens with two attached hydrogens (primary N) is 1. The standard InChI is InChI=1S/C28H41F6N9O9/c1-13(2)19-23(50)41-14(8-6-10-37-26(35)43-25(52)28(32,33)34)20(47)38-12-17(44)39-16(11-18(45)46)22(49)40-15(21(48)42-19)7-4-3-5-9-36-24(51)27(29,30)31/h13-16,19H,3-12H2,1-2H3,(H,36,51)(H,38,47)(H,39,44)(H,40,49)(H,41,50)(H,42,48)(H,45,46)(H3,35,37,43,52)/t14-,15-,16-,19+/m0/s1. The molecule has 18 nitrogen and oxygen atoms in total. The van der Waals surface area contributed by atoms with E-state index in [1.165, 1.54) is 19.2 Å². The Kier molecular flexibility index (Phi) is 17.8. The zero-order chi connectivity index (χ0) is 39.8. The van der Waals surface area contributed by atoms with Crippen molar-refractivity contribution in [3.63, 3.8) is 0 Å². The second kappa shape index (κ2) is 20.6. The smallest absolute Gasteiger partial charge is 0.471 e. The molecule has 1 aliphatic heterocycles. The van der Waals surface area contributed by atoms with Gasteiger partial charge in [-0.15, -0.1) is 0 Å². The normalized spacial score (nSPS) is 21.4. The first-order valence-corrected chi connectivity index (χ1v) is 15.8. The molecule has 52 heavy (non-hydrogen) atoms. The molecule has 1 rings (SSSR count). The summed E-state index contributed by atoms with van der Waals surface area (Å²) in [6.45, 7) is 1.54. The first kappa shape index (κ1) is 44.8. The largest absolute Gasteiger partial charge is 0.481 e. The molecule has 1 saturated heterocycles. The molecular weight excluding hydrogens is 720 g/mol. The lowest BCUT2D eigenvalue weighted by atomic mass is 10.0. The molecule has 0 aromatic carbocycles. The lowest BCUT2D eigenvalue weighted by molar-refractivity contribution is -0.173. The van der Waals surface area contributed by atoms with Crippen LogP contribution in [0.2, 0.25) is 0 Å². The first-order chi connectivity index (χ1) is 24.0. The lowest BCUT2D eigenvalue weighted by Crippen LogP contribution is -2.59. The van der Waals surface area contributed by atoms with Crippen LogP contribution in [0.1, 0.15) is 58.8 Å². The number of hydrogen-bond acceptors (Lipinski definition) is 9. The van der Waals surface area contributed by atoms with Crippen LogP contribution in [0.5, 0.6) is 0 Å². The van der Waals surface area contributed by atoms with Gasteiger partial charge < -0.3 is 42.7 Å². The molecule has 0 unspecified atom stereocenters. The molecule has 1 aliphatic rings. The minimum Gasteiger partial charge on any atom is -0.481 e. The Bertz CT molecular complexity index is 1360. The highest BCUT2D eigenvalue weighted by Gasteiger charge is 2.39. The molecule has 0 bridgehead atoms. The fourth-order valence-electron chi connectivity index (χ4n) is 4.45. The van der Waals surface area contributed by atoms with Crippen LogP contribution < -0.4 is 43.0 Å². The summed E-state index contributed by atoms with van der Waals surface area (Å²) < 4.78 is 74.5. The van der Waals surface area contributed by atoms with Crippen LogP contribution in [0.15, 0.2) is 4.99 Å². The molecular formula is C28H41F6N9O9. The second-order valence-electron chi connectivity index (χ2n) is 11.8. The average Bonchev–Trinajstić information content (AvgIpc) is 3.02. The van der Waals surface area contributed by atoms with Crippen molar-refractivity contribution in [2.45, 2.75) is 95.3 Å². The Labute approximate surface area is 292 Å². The number of carboxylic acids is 1. The quantitative estimate of drug-likeness (QED) is 0.0440. The van der Waals surface area contributed by atoms with E-state index in [1.807, 2.05) is 0 Å². The average molecular weight is 762 g/mol. The molecule has 4 atom stereocenters. The van der Waals surface area contributed by atoms with Crippen molar-refractivity contribution in [1.29, 1.82) is 0 Å². The van der Waals surface area contributed by atoms with Gasteiger partial charge in [-0.3, -0.25) is 48.7 Å². The van der Waals surface area contributed by atoms with E-state index >= 15 is 0 Å². The summed E-state index contributed by atoms with van der Waals surface area (Å²) in [6.07, 6.45) is -11.5. The molecule has 24 heteroatoms. The first-order valence-electron chi connectivity index (χ1n) is 15.8. The SMILES string of the molecule is CC(C)[C@H]1NC(=O)[C@H](CCCCCNC(=O)C(F)(F)F)NC(=O)[C@H](CC(=O)O)NC(=O)CNC(=O)[C@H](CCCN=C(N)NC(=O)C(F)(F)F)NC1=O. The molecule has 10 N–H and O–H groups in total. The molecule has 0 radical (unpaired) electrons. The van der Waals surface area contributed by atoms with E-state index in [1.54, 1.807) is 5.32 Å². The van der Waals surface area contributed by atoms with Gasteiger partial charge in [-0.1, -0.05) is 26.7 Å². The minimum atomic E-state index is -5.23. The van der Waals surface area contributed by atoms with Crippen molar-refractivity contribution in [3.8, 4) is 0 Å². The van der Waals surface area contributed by atoms with Gasteiger partial charge >= 0.3 is 30.1 Å². The monoisotopic (exact) mass is 761 g/mol. The molecule has 0 saturated carbocycles. The van der Waals surface area contributed by atoms with E-state index in [0.717, 1.165) is 0 Å². The van der Waals surface area contributed by atoms with Gasteiger partial charge in [0.2, 0.25) is 29.5 Å². The number of hydrogen-bond donors (Lipinski definition) is 9. The van der Waals surface area contributed by atoms with E-state index in [4.69, 9.17) is 5.73 Å². The van der Waals surface area contributed by atoms with E-state index in [9.17, 15) is 69.8 Å². The number of unbranched alkanes of at least 4 members (excludes halogenated alkanes) is 2. The van der Waals surface area contributed by atoms with Gasteiger partial charge in [-0.25, -0.2) is 0 Å². The topological polar surface area (TPSA) is 279 Å². The molecule has 0 aromatic heterocycles. The van der Waals surface area contributed by atoms with Crippen LogP contribution in [-0.2, 0) is 38.4 Å². The van der Waals surface area contributed by atoms with Crippen LogP contribution in [0.25, 0.3) is 0 Å². The van der Waals surface area contributed by atoms with Crippen molar-refractivity contribution in [3.05, 3.63) is 0 Å². The number of carbonyl (C=O) groups is 8. The van der Waals surface area contributed by atoms with Gasteiger partial charge in [0.1, 0.15) is 24.2 Å². The van der Waals surface area contributed by atoms with E-state index < -0.39 is 109 Å². The maximum atomic E-state index is 13.4. The number of nitrogens with zero attached hydrogens (tertiary/aromatic N) is 1. The Morgan fingerprint density at radius 1 is 0.788 bits per heavy atom. The maximum absolute atomic E-state index is 13.4. The van der Waals surface area contributed by atoms with Crippen LogP contribution in [0, 0.1) is 5.92 Å². The van der Waals surface area contributed by atoms with Gasteiger partial charge in [0.05, 0.1) is 13.0 Å². The number of nitrogens with one attached hydrogen (secondary N) is 7. The molecule has 1 heterocycles. The maximum Gasteiger partial charge on any atom is 0.471 e. The fraction of sp³-hybridized carbons (Fsp3) is 0.679. The van der Waals surface area contributed by atoms with Crippen LogP contribution in [-0.4, -0.2) is 115 Å². The number of guanidine groups is 1. The Morgan fingerprint density at radius 2 is 1.35 bits per heavy atom. The van der Waals surface area contributed by atoms with Crippen LogP contribution in [0.3, 0.4) is 0 Å². The summed E-state index contributed by atoms with van der Waals surface area (Å²) in [5, 5.41) is 23.8. The van der Waals surface area contributed by atoms with Crippen molar-refractivity contribution >= 4 is 53.3 Å². The summed E-state index contributed by atoms with van der Waals surface area (Å²) in [5.41, 5.74) is 5.28. The number of alkyl halides is 6. The van der Waals surface area contributed by atoms with Crippen molar-refractivity contribution in [2.75, 3.05) is 19.6 Å². The summed E-state index contributed by atoms with van der Waals surface area (Å²) in [5.74, 6) is -12.6. The van der Waals surface area contributed by atoms with Crippen LogP contribution in [0.4, 0.5) is 26.3 Å². The third-order valence-corrected chi connectivity index (χ3v) is 7.11. The zero-order valence-electron chi connectivity index (χ0n) is 28.0. The van der Waals surface area contributed by atoms with Crippen LogP contribution >= 0.6 is 0 Å². The van der Waals surface area contributed by atoms with Gasteiger partial charge in [-0.2, -0.15) is 26.3 Å². The highest BCUT2D eigenvalue weighted by atomic mass is 19.4. The van der Waals surface area contributed by atoms with Crippen molar-refractivity contribution in [1.82, 2.24) is 37.2 Å². The summed E-state index contributed by atoms with van der Waals surface area (Å²) in [4.78, 5) is 103. The molecule has 0 aromatic rings. The number of aliphatic carboxylic acids is 1. The highest BCUT2D eigenvalue weighted by molar-refractivity contribution is 5.99. The highest BCUT2D eigenvalue weighted by Crippen LogP contribution is 2.15. The summed E-state index contributed by atoms with van der Waals surface area (Å²) >= 11 is 0. The number of carboxylic acid groups (broad SMARTS) is 1. The molecule has 1 fully saturated rings. The predicted molar refractivity (Wildman–Crippen MR) is 165 cm³/mol. The molecule has 294 valence electrons. The predicted octanol–water partition coefficient (Wildman–Crippen LogP) is -1.80. The summed E-state index contributed by atoms with van der Waals surface area (Å²) in [7, 11) is 0. The van der Waals surface area contributed by atoms with Gasteiger partial charge in [0.15, 0.2) is 5.96 Å². The Hall–Kier alpha value is -5.19. The van der Waals surface area contributed by atoms with Gasteiger partial charge in [-0.05, 0) is 31.6 Å². The number of halogens is 6. The number of carbonyl (C=O) groups excluding carboxylic acids is 7. The third-order valence-electron chi connectivity index (χ3n) is 7.11. The lowest BCUT2D eigenvalue weighted by Gasteiger charge is -2.27. The number of amides is 7. The van der Waals surface area contributed by atoms with Crippen molar-refractivity contribution in [2.24, 2.45) is 16.6 Å². The Balaban J connectivity index is 3.23. The second-order valence-corrected chi connectivity index (χ2v) is 11.8. The fourth-order valence-corrected chi connectivity index (χ4v) is 4.45. The van der Waals surface area contributed by atoms with Crippen molar-refractivity contribution < 1.29 is 69.8 Å². The van der Waals surface area contributed by atoms with E-state index in [0.29, 0.717) is 0 Å². The van der Waals surface area contributed by atoms with E-state index in [-0.39, 0.29) is 51.6 Å². The minimum absolute atomic E-state index is 0.0430. The zero-order valence-corrected chi connectivity index (χ0v) is 28.0. The number of rotatable bonds is 13. The van der Waals surface area contributed by atoms with Gasteiger partial charge in [0.25, 0.3) is 0 Å². The number of aliphatic imine (C=N–C) groups is 1. The van der Waals surface area contributed by atoms with Gasteiger partial charge in [0, 0.05) is 13.1 Å².